The van der Waals surface area contributed by atoms with Gasteiger partial charge in [-0.2, -0.15) is 0 Å². The van der Waals surface area contributed by atoms with E-state index in [1.807, 2.05) is 36.4 Å². The minimum atomic E-state index is -3.52. The minimum absolute atomic E-state index is 0.144. The van der Waals surface area contributed by atoms with Crippen LogP contribution in [0.25, 0.3) is 0 Å². The number of sulfonamides is 1. The lowest BCUT2D eigenvalue weighted by Crippen LogP contribution is -2.24. The van der Waals surface area contributed by atoms with Gasteiger partial charge in [-0.05, 0) is 48.0 Å². The molecule has 1 N–H and O–H groups in total. The highest BCUT2D eigenvalue weighted by molar-refractivity contribution is 7.89. The van der Waals surface area contributed by atoms with Crippen LogP contribution < -0.4 is 10.1 Å². The molecule has 2 aromatic carbocycles. The van der Waals surface area contributed by atoms with E-state index in [2.05, 4.69) is 10.3 Å². The quantitative estimate of drug-likeness (QED) is 0.600. The zero-order valence-corrected chi connectivity index (χ0v) is 17.6. The minimum Gasteiger partial charge on any atom is -0.489 e. The second-order valence-corrected chi connectivity index (χ2v) is 8.94. The molecule has 3 rings (SSSR count). The van der Waals surface area contributed by atoms with Gasteiger partial charge in [0.25, 0.3) is 5.91 Å². The van der Waals surface area contributed by atoms with Crippen LogP contribution in [0.3, 0.4) is 0 Å². The van der Waals surface area contributed by atoms with Gasteiger partial charge in [-0.25, -0.2) is 12.7 Å². The van der Waals surface area contributed by atoms with Gasteiger partial charge in [-0.3, -0.25) is 9.78 Å². The molecule has 0 fully saturated rings. The molecular weight excluding hydrogens is 402 g/mol. The second-order valence-electron chi connectivity index (χ2n) is 6.79. The Bertz CT molecular complexity index is 1080. The summed E-state index contributed by atoms with van der Waals surface area (Å²) in [5.74, 6) is 0.451. The summed E-state index contributed by atoms with van der Waals surface area (Å²) in [5.41, 5.74) is 2.30. The van der Waals surface area contributed by atoms with Gasteiger partial charge in [0.2, 0.25) is 10.0 Å². The van der Waals surface area contributed by atoms with Crippen molar-refractivity contribution in [3.05, 3.63) is 89.7 Å². The number of nitrogens with zero attached hydrogens (tertiary/aromatic N) is 2. The summed E-state index contributed by atoms with van der Waals surface area (Å²) in [6.45, 7) is 0.781. The monoisotopic (exact) mass is 425 g/mol. The van der Waals surface area contributed by atoms with Crippen LogP contribution in [0, 0.1) is 0 Å². The zero-order valence-electron chi connectivity index (χ0n) is 16.8. The van der Waals surface area contributed by atoms with Crippen molar-refractivity contribution >= 4 is 15.9 Å². The van der Waals surface area contributed by atoms with Crippen molar-refractivity contribution in [3.63, 3.8) is 0 Å². The molecule has 0 atom stereocenters. The normalized spacial score (nSPS) is 11.3. The van der Waals surface area contributed by atoms with Crippen LogP contribution in [0.2, 0.25) is 0 Å². The summed E-state index contributed by atoms with van der Waals surface area (Å²) in [4.78, 5) is 16.5. The zero-order chi connectivity index (χ0) is 21.6. The molecule has 8 heteroatoms. The summed E-state index contributed by atoms with van der Waals surface area (Å²) >= 11 is 0. The summed E-state index contributed by atoms with van der Waals surface area (Å²) in [7, 11) is -0.588. The van der Waals surface area contributed by atoms with E-state index < -0.39 is 10.0 Å². The highest BCUT2D eigenvalue weighted by atomic mass is 32.2. The molecule has 1 amide bonds. The van der Waals surface area contributed by atoms with E-state index in [1.54, 1.807) is 12.4 Å². The predicted molar refractivity (Wildman–Crippen MR) is 113 cm³/mol. The third-order valence-electron chi connectivity index (χ3n) is 4.40. The molecule has 0 unspecified atom stereocenters. The average Bonchev–Trinajstić information content (AvgIpc) is 2.77. The van der Waals surface area contributed by atoms with Gasteiger partial charge in [0.15, 0.2) is 0 Å². The Labute approximate surface area is 176 Å². The van der Waals surface area contributed by atoms with Crippen LogP contribution in [0.15, 0.2) is 78.0 Å². The first-order valence-electron chi connectivity index (χ1n) is 9.28. The van der Waals surface area contributed by atoms with E-state index in [-0.39, 0.29) is 10.8 Å². The van der Waals surface area contributed by atoms with Crippen LogP contribution in [0.4, 0.5) is 0 Å². The van der Waals surface area contributed by atoms with E-state index >= 15 is 0 Å². The molecule has 1 heterocycles. The largest absolute Gasteiger partial charge is 0.489 e. The Morgan fingerprint density at radius 1 is 1.00 bits per heavy atom. The van der Waals surface area contributed by atoms with E-state index in [0.29, 0.717) is 18.7 Å². The Balaban J connectivity index is 1.53. The number of rotatable bonds is 8. The molecule has 0 saturated heterocycles. The fourth-order valence-electron chi connectivity index (χ4n) is 2.63. The van der Waals surface area contributed by atoms with Gasteiger partial charge < -0.3 is 10.1 Å². The number of nitrogens with one attached hydrogen (secondary N) is 1. The average molecular weight is 426 g/mol. The van der Waals surface area contributed by atoms with Crippen LogP contribution in [0.5, 0.6) is 5.75 Å². The first-order chi connectivity index (χ1) is 14.4. The summed E-state index contributed by atoms with van der Waals surface area (Å²) < 4.78 is 31.0. The van der Waals surface area contributed by atoms with Gasteiger partial charge >= 0.3 is 0 Å². The van der Waals surface area contributed by atoms with Crippen LogP contribution in [-0.2, 0) is 23.2 Å². The predicted octanol–water partition coefficient (Wildman–Crippen LogP) is 2.84. The van der Waals surface area contributed by atoms with Crippen molar-refractivity contribution in [1.82, 2.24) is 14.6 Å². The second kappa shape index (κ2) is 9.51. The maximum atomic E-state index is 12.3. The fourth-order valence-corrected chi connectivity index (χ4v) is 3.53. The van der Waals surface area contributed by atoms with Crippen molar-refractivity contribution in [1.29, 1.82) is 0 Å². The molecule has 30 heavy (non-hydrogen) atoms. The number of carbonyl (C=O) groups excluding carboxylic acids is 1. The standard InChI is InChI=1S/C22H23N3O4S/c1-25(2)30(27,28)21-11-7-19(8-12-21)22(26)24-15-17-5-9-20(10-6-17)29-16-18-4-3-13-23-14-18/h3-14H,15-16H2,1-2H3,(H,24,26). The maximum absolute atomic E-state index is 12.3. The number of hydrogen-bond donors (Lipinski definition) is 1. The third-order valence-corrected chi connectivity index (χ3v) is 6.23. The Morgan fingerprint density at radius 2 is 1.70 bits per heavy atom. The van der Waals surface area contributed by atoms with E-state index in [1.165, 1.54) is 38.4 Å². The Hall–Kier alpha value is -3.23. The molecule has 0 aliphatic carbocycles. The highest BCUT2D eigenvalue weighted by Gasteiger charge is 2.17. The number of aromatic nitrogens is 1. The fraction of sp³-hybridized carbons (Fsp3) is 0.182. The lowest BCUT2D eigenvalue weighted by molar-refractivity contribution is 0.0951. The van der Waals surface area contributed by atoms with E-state index in [0.717, 1.165) is 21.2 Å². The van der Waals surface area contributed by atoms with Gasteiger partial charge in [-0.1, -0.05) is 18.2 Å². The number of ether oxygens (including phenoxy) is 1. The van der Waals surface area contributed by atoms with Crippen LogP contribution in [0.1, 0.15) is 21.5 Å². The molecule has 0 aliphatic heterocycles. The van der Waals surface area contributed by atoms with Crippen molar-refractivity contribution in [3.8, 4) is 5.75 Å². The summed E-state index contributed by atoms with van der Waals surface area (Å²) in [6, 6.07) is 17.1. The molecule has 7 nitrogen and oxygen atoms in total. The maximum Gasteiger partial charge on any atom is 0.251 e. The number of benzene rings is 2. The molecule has 1 aromatic heterocycles. The van der Waals surface area contributed by atoms with Crippen molar-refractivity contribution < 1.29 is 17.9 Å². The third kappa shape index (κ3) is 5.43. The molecule has 0 spiro atoms. The van der Waals surface area contributed by atoms with Crippen LogP contribution >= 0.6 is 0 Å². The van der Waals surface area contributed by atoms with E-state index in [4.69, 9.17) is 4.74 Å². The topological polar surface area (TPSA) is 88.6 Å². The molecule has 0 saturated carbocycles. The first-order valence-corrected chi connectivity index (χ1v) is 10.7. The molecule has 3 aromatic rings. The van der Waals surface area contributed by atoms with Crippen molar-refractivity contribution in [2.24, 2.45) is 0 Å². The number of pyridine rings is 1. The lowest BCUT2D eigenvalue weighted by atomic mass is 10.2. The smallest absolute Gasteiger partial charge is 0.251 e. The molecule has 0 radical (unpaired) electrons. The summed E-state index contributed by atoms with van der Waals surface area (Å²) in [6.07, 6.45) is 3.47. The van der Waals surface area contributed by atoms with Crippen LogP contribution in [-0.4, -0.2) is 37.7 Å². The SMILES string of the molecule is CN(C)S(=O)(=O)c1ccc(C(=O)NCc2ccc(OCc3cccnc3)cc2)cc1. The lowest BCUT2D eigenvalue weighted by Gasteiger charge is -2.12. The molecular formula is C22H23N3O4S. The summed E-state index contributed by atoms with van der Waals surface area (Å²) in [5, 5.41) is 2.83. The van der Waals surface area contributed by atoms with Crippen molar-refractivity contribution in [2.75, 3.05) is 14.1 Å². The number of hydrogen-bond acceptors (Lipinski definition) is 5. The highest BCUT2D eigenvalue weighted by Crippen LogP contribution is 2.16. The van der Waals surface area contributed by atoms with E-state index in [9.17, 15) is 13.2 Å². The van der Waals surface area contributed by atoms with Gasteiger partial charge in [0.05, 0.1) is 4.90 Å². The number of carbonyl (C=O) groups is 1. The van der Waals surface area contributed by atoms with Crippen molar-refractivity contribution in [2.45, 2.75) is 18.0 Å². The first kappa shape index (κ1) is 21.5. The molecule has 156 valence electrons. The number of amides is 1. The van der Waals surface area contributed by atoms with Gasteiger partial charge in [0.1, 0.15) is 12.4 Å². The van der Waals surface area contributed by atoms with Gasteiger partial charge in [-0.15, -0.1) is 0 Å². The molecule has 0 bridgehead atoms. The van der Waals surface area contributed by atoms with Gasteiger partial charge in [0, 0.05) is 44.2 Å². The Morgan fingerprint density at radius 3 is 2.30 bits per heavy atom. The molecule has 0 aliphatic rings. The Kier molecular flexibility index (Phi) is 6.81.